The number of hydrogen-bond acceptors (Lipinski definition) is 3. The first-order valence-corrected chi connectivity index (χ1v) is 9.13. The summed E-state index contributed by atoms with van der Waals surface area (Å²) < 4.78 is 25.0. The Balaban J connectivity index is 1.71. The van der Waals surface area contributed by atoms with Gasteiger partial charge in [-0.25, -0.2) is 8.42 Å². The quantitative estimate of drug-likeness (QED) is 0.907. The normalized spacial score (nSPS) is 27.9. The van der Waals surface area contributed by atoms with Gasteiger partial charge in [0.1, 0.15) is 0 Å². The lowest BCUT2D eigenvalue weighted by molar-refractivity contribution is -0.136. The minimum absolute atomic E-state index is 0.0767. The molecule has 0 aliphatic heterocycles. The molecule has 114 valence electrons. The van der Waals surface area contributed by atoms with Gasteiger partial charge in [-0.2, -0.15) is 0 Å². The molecule has 0 radical (unpaired) electrons. The van der Waals surface area contributed by atoms with Crippen LogP contribution in [-0.4, -0.2) is 25.2 Å². The number of carbonyl (C=O) groups is 1. The molecule has 2 bridgehead atoms. The smallest absolute Gasteiger partial charge is 0.307 e. The lowest BCUT2D eigenvalue weighted by Crippen LogP contribution is -2.21. The van der Waals surface area contributed by atoms with E-state index in [0.29, 0.717) is 22.3 Å². The monoisotopic (exact) mass is 308 g/mol. The highest BCUT2D eigenvalue weighted by Gasteiger charge is 2.41. The fourth-order valence-corrected chi connectivity index (χ4v) is 5.66. The van der Waals surface area contributed by atoms with E-state index in [1.807, 2.05) is 0 Å². The first kappa shape index (κ1) is 14.6. The van der Waals surface area contributed by atoms with E-state index in [1.165, 1.54) is 19.3 Å². The van der Waals surface area contributed by atoms with Crippen LogP contribution in [0.4, 0.5) is 0 Å². The summed E-state index contributed by atoms with van der Waals surface area (Å²) >= 11 is 0. The predicted molar refractivity (Wildman–Crippen MR) is 78.8 cm³/mol. The summed E-state index contributed by atoms with van der Waals surface area (Å²) in [5.74, 6) is 0.983. The average molecular weight is 308 g/mol. The second kappa shape index (κ2) is 5.44. The lowest BCUT2D eigenvalue weighted by Gasteiger charge is -2.21. The molecule has 0 amide bonds. The van der Waals surface area contributed by atoms with Crippen LogP contribution in [0.15, 0.2) is 29.2 Å². The maximum atomic E-state index is 12.5. The number of benzene rings is 1. The van der Waals surface area contributed by atoms with Gasteiger partial charge in [-0.1, -0.05) is 18.6 Å². The predicted octanol–water partition coefficient (Wildman–Crippen LogP) is 2.52. The van der Waals surface area contributed by atoms with Crippen molar-refractivity contribution < 1.29 is 18.3 Å². The van der Waals surface area contributed by atoms with Crippen molar-refractivity contribution in [2.45, 2.75) is 37.0 Å². The lowest BCUT2D eigenvalue weighted by atomic mass is 9.90. The molecule has 2 aliphatic carbocycles. The molecule has 0 heterocycles. The van der Waals surface area contributed by atoms with Crippen LogP contribution >= 0.6 is 0 Å². The zero-order valence-corrected chi connectivity index (χ0v) is 12.7. The van der Waals surface area contributed by atoms with E-state index >= 15 is 0 Å². The SMILES string of the molecule is O=C(O)Cc1ccc(S(=O)(=O)CC2CC3CCC2C3)cc1. The topological polar surface area (TPSA) is 71.4 Å². The van der Waals surface area contributed by atoms with Gasteiger partial charge < -0.3 is 5.11 Å². The summed E-state index contributed by atoms with van der Waals surface area (Å²) in [5, 5.41) is 8.73. The minimum Gasteiger partial charge on any atom is -0.481 e. The zero-order valence-electron chi connectivity index (χ0n) is 11.9. The molecule has 3 unspecified atom stereocenters. The zero-order chi connectivity index (χ0) is 15.0. The van der Waals surface area contributed by atoms with Crippen LogP contribution in [0.25, 0.3) is 0 Å². The molecule has 3 rings (SSSR count). The van der Waals surface area contributed by atoms with Gasteiger partial charge in [-0.3, -0.25) is 4.79 Å². The molecule has 21 heavy (non-hydrogen) atoms. The molecule has 1 aromatic rings. The second-order valence-electron chi connectivity index (χ2n) is 6.43. The Morgan fingerprint density at radius 2 is 1.86 bits per heavy atom. The van der Waals surface area contributed by atoms with Gasteiger partial charge in [-0.05, 0) is 54.7 Å². The first-order valence-electron chi connectivity index (χ1n) is 7.47. The number of carboxylic acid groups (broad SMARTS) is 1. The Morgan fingerprint density at radius 3 is 2.38 bits per heavy atom. The first-order chi connectivity index (χ1) is 9.94. The number of aliphatic carboxylic acids is 1. The summed E-state index contributed by atoms with van der Waals surface area (Å²) in [4.78, 5) is 11.0. The molecular weight excluding hydrogens is 288 g/mol. The second-order valence-corrected chi connectivity index (χ2v) is 8.47. The van der Waals surface area contributed by atoms with Crippen molar-refractivity contribution in [2.24, 2.45) is 17.8 Å². The fraction of sp³-hybridized carbons (Fsp3) is 0.562. The molecule has 0 aromatic heterocycles. The number of fused-ring (bicyclic) bond motifs is 2. The Hall–Kier alpha value is -1.36. The maximum absolute atomic E-state index is 12.5. The molecular formula is C16H20O4S. The van der Waals surface area contributed by atoms with Crippen LogP contribution in [0.1, 0.15) is 31.2 Å². The van der Waals surface area contributed by atoms with Crippen molar-refractivity contribution in [3.05, 3.63) is 29.8 Å². The van der Waals surface area contributed by atoms with Gasteiger partial charge in [0.2, 0.25) is 0 Å². The van der Waals surface area contributed by atoms with Gasteiger partial charge in [0.15, 0.2) is 9.84 Å². The van der Waals surface area contributed by atoms with Crippen LogP contribution in [0.2, 0.25) is 0 Å². The van der Waals surface area contributed by atoms with Crippen LogP contribution in [0, 0.1) is 17.8 Å². The minimum atomic E-state index is -3.26. The highest BCUT2D eigenvalue weighted by Crippen LogP contribution is 2.49. The van der Waals surface area contributed by atoms with Gasteiger partial charge in [0.25, 0.3) is 0 Å². The largest absolute Gasteiger partial charge is 0.481 e. The Bertz CT molecular complexity index is 633. The Morgan fingerprint density at radius 1 is 1.14 bits per heavy atom. The van der Waals surface area contributed by atoms with Crippen molar-refractivity contribution in [3.8, 4) is 0 Å². The molecule has 1 N–H and O–H groups in total. The van der Waals surface area contributed by atoms with E-state index in [1.54, 1.807) is 24.3 Å². The van der Waals surface area contributed by atoms with Crippen molar-refractivity contribution in [1.29, 1.82) is 0 Å². The molecule has 1 aromatic carbocycles. The third-order valence-electron chi connectivity index (χ3n) is 4.96. The van der Waals surface area contributed by atoms with Gasteiger partial charge in [0, 0.05) is 0 Å². The highest BCUT2D eigenvalue weighted by atomic mass is 32.2. The van der Waals surface area contributed by atoms with Crippen molar-refractivity contribution >= 4 is 15.8 Å². The summed E-state index contributed by atoms with van der Waals surface area (Å²) in [6.07, 6.45) is 4.64. The van der Waals surface area contributed by atoms with Gasteiger partial charge in [0.05, 0.1) is 17.1 Å². The van der Waals surface area contributed by atoms with Crippen LogP contribution < -0.4 is 0 Å². The van der Waals surface area contributed by atoms with E-state index in [9.17, 15) is 13.2 Å². The molecule has 5 heteroatoms. The maximum Gasteiger partial charge on any atom is 0.307 e. The Kier molecular flexibility index (Phi) is 3.78. The van der Waals surface area contributed by atoms with Crippen molar-refractivity contribution in [2.75, 3.05) is 5.75 Å². The summed E-state index contributed by atoms with van der Waals surface area (Å²) in [6, 6.07) is 6.28. The molecule has 4 nitrogen and oxygen atoms in total. The molecule has 2 aliphatic rings. The summed E-state index contributed by atoms with van der Waals surface area (Å²) in [6.45, 7) is 0. The number of hydrogen-bond donors (Lipinski definition) is 1. The van der Waals surface area contributed by atoms with Crippen LogP contribution in [0.5, 0.6) is 0 Å². The molecule has 3 atom stereocenters. The van der Waals surface area contributed by atoms with Gasteiger partial charge >= 0.3 is 5.97 Å². The highest BCUT2D eigenvalue weighted by molar-refractivity contribution is 7.91. The molecule has 0 saturated heterocycles. The molecule has 2 saturated carbocycles. The number of sulfone groups is 1. The van der Waals surface area contributed by atoms with Crippen molar-refractivity contribution in [3.63, 3.8) is 0 Å². The van der Waals surface area contributed by atoms with Crippen molar-refractivity contribution in [1.82, 2.24) is 0 Å². The molecule has 2 fully saturated rings. The van der Waals surface area contributed by atoms with E-state index in [0.717, 1.165) is 12.3 Å². The third kappa shape index (κ3) is 3.12. The standard InChI is InChI=1S/C16H20O4S/c17-16(18)9-11-2-5-15(6-3-11)21(19,20)10-14-8-12-1-4-13(14)7-12/h2-3,5-6,12-14H,1,4,7-10H2,(H,17,18). The number of rotatable bonds is 5. The number of carboxylic acids is 1. The third-order valence-corrected chi connectivity index (χ3v) is 6.81. The molecule has 0 spiro atoms. The summed E-state index contributed by atoms with van der Waals surface area (Å²) in [5.41, 5.74) is 0.626. The van der Waals surface area contributed by atoms with E-state index in [-0.39, 0.29) is 12.2 Å². The van der Waals surface area contributed by atoms with E-state index < -0.39 is 15.8 Å². The van der Waals surface area contributed by atoms with E-state index in [4.69, 9.17) is 5.11 Å². The van der Waals surface area contributed by atoms with Crippen LogP contribution in [0.3, 0.4) is 0 Å². The fourth-order valence-electron chi connectivity index (χ4n) is 3.95. The average Bonchev–Trinajstić information content (AvgIpc) is 3.00. The summed E-state index contributed by atoms with van der Waals surface area (Å²) in [7, 11) is -3.26. The van der Waals surface area contributed by atoms with Crippen LogP contribution in [-0.2, 0) is 21.1 Å². The Labute approximate surface area is 125 Å². The van der Waals surface area contributed by atoms with E-state index in [2.05, 4.69) is 0 Å². The van der Waals surface area contributed by atoms with Gasteiger partial charge in [-0.15, -0.1) is 0 Å².